The minimum absolute atomic E-state index is 0.160. The molecular weight excluding hydrogens is 290 g/mol. The van der Waals surface area contributed by atoms with Crippen molar-refractivity contribution in [1.82, 2.24) is 20.1 Å². The van der Waals surface area contributed by atoms with Gasteiger partial charge in [-0.2, -0.15) is 0 Å². The molecular formula is C17H17N5O. The number of hydrogen-bond donors (Lipinski definition) is 2. The van der Waals surface area contributed by atoms with E-state index in [2.05, 4.69) is 20.8 Å². The molecule has 0 spiro atoms. The van der Waals surface area contributed by atoms with E-state index in [1.807, 2.05) is 55.6 Å². The van der Waals surface area contributed by atoms with Crippen LogP contribution in [0.25, 0.3) is 0 Å². The SMILES string of the molecule is Cn1cnnc1CNC(=O)c1ccccc1Nc1ccccc1. The van der Waals surface area contributed by atoms with Gasteiger partial charge in [0.2, 0.25) is 0 Å². The Morgan fingerprint density at radius 1 is 1.09 bits per heavy atom. The van der Waals surface area contributed by atoms with Crippen LogP contribution >= 0.6 is 0 Å². The first-order chi connectivity index (χ1) is 11.2. The number of anilines is 2. The van der Waals surface area contributed by atoms with Gasteiger partial charge in [-0.15, -0.1) is 10.2 Å². The van der Waals surface area contributed by atoms with Crippen molar-refractivity contribution in [3.05, 3.63) is 72.3 Å². The molecule has 2 N–H and O–H groups in total. The van der Waals surface area contributed by atoms with Gasteiger partial charge >= 0.3 is 0 Å². The highest BCUT2D eigenvalue weighted by Gasteiger charge is 2.12. The summed E-state index contributed by atoms with van der Waals surface area (Å²) in [6, 6.07) is 17.1. The second-order valence-electron chi connectivity index (χ2n) is 5.08. The van der Waals surface area contributed by atoms with Crippen LogP contribution < -0.4 is 10.6 Å². The number of amides is 1. The molecule has 0 radical (unpaired) electrons. The molecule has 3 aromatic rings. The summed E-state index contributed by atoms with van der Waals surface area (Å²) in [6.07, 6.45) is 1.60. The summed E-state index contributed by atoms with van der Waals surface area (Å²) in [5, 5.41) is 13.9. The van der Waals surface area contributed by atoms with Crippen LogP contribution in [0.2, 0.25) is 0 Å². The van der Waals surface area contributed by atoms with Crippen molar-refractivity contribution in [3.8, 4) is 0 Å². The zero-order valence-corrected chi connectivity index (χ0v) is 12.7. The number of rotatable bonds is 5. The van der Waals surface area contributed by atoms with Gasteiger partial charge in [-0.25, -0.2) is 0 Å². The minimum Gasteiger partial charge on any atom is -0.355 e. The maximum atomic E-state index is 12.5. The number of carbonyl (C=O) groups excluding carboxylic acids is 1. The summed E-state index contributed by atoms with van der Waals surface area (Å²) in [5.41, 5.74) is 2.27. The number of aryl methyl sites for hydroxylation is 1. The van der Waals surface area contributed by atoms with Crippen LogP contribution in [0.15, 0.2) is 60.9 Å². The molecule has 23 heavy (non-hydrogen) atoms. The van der Waals surface area contributed by atoms with Crippen LogP contribution in [-0.4, -0.2) is 20.7 Å². The van der Waals surface area contributed by atoms with Gasteiger partial charge in [0.25, 0.3) is 5.91 Å². The molecule has 0 saturated heterocycles. The molecule has 3 rings (SSSR count). The summed E-state index contributed by atoms with van der Waals surface area (Å²) < 4.78 is 1.77. The molecule has 6 heteroatoms. The van der Waals surface area contributed by atoms with Gasteiger partial charge < -0.3 is 15.2 Å². The fourth-order valence-corrected chi connectivity index (χ4v) is 2.19. The van der Waals surface area contributed by atoms with Crippen LogP contribution in [0.3, 0.4) is 0 Å². The first kappa shape index (κ1) is 14.8. The number of aromatic nitrogens is 3. The molecule has 0 unspecified atom stereocenters. The van der Waals surface area contributed by atoms with E-state index in [4.69, 9.17) is 0 Å². The average Bonchev–Trinajstić information content (AvgIpc) is 2.99. The molecule has 0 aliphatic rings. The van der Waals surface area contributed by atoms with Gasteiger partial charge in [0, 0.05) is 12.7 Å². The van der Waals surface area contributed by atoms with Crippen molar-refractivity contribution in [3.63, 3.8) is 0 Å². The van der Waals surface area contributed by atoms with E-state index >= 15 is 0 Å². The second-order valence-corrected chi connectivity index (χ2v) is 5.08. The van der Waals surface area contributed by atoms with E-state index in [0.29, 0.717) is 17.9 Å². The predicted molar refractivity (Wildman–Crippen MR) is 88.3 cm³/mol. The number of para-hydroxylation sites is 2. The van der Waals surface area contributed by atoms with E-state index in [1.165, 1.54) is 0 Å². The molecule has 116 valence electrons. The Kier molecular flexibility index (Phi) is 4.33. The zero-order valence-electron chi connectivity index (χ0n) is 12.7. The van der Waals surface area contributed by atoms with Crippen molar-refractivity contribution in [1.29, 1.82) is 0 Å². The number of carbonyl (C=O) groups is 1. The molecule has 1 aromatic heterocycles. The average molecular weight is 307 g/mol. The summed E-state index contributed by atoms with van der Waals surface area (Å²) in [4.78, 5) is 12.5. The first-order valence-electron chi connectivity index (χ1n) is 7.26. The quantitative estimate of drug-likeness (QED) is 0.759. The highest BCUT2D eigenvalue weighted by molar-refractivity contribution is 6.00. The zero-order chi connectivity index (χ0) is 16.1. The Hall–Kier alpha value is -3.15. The van der Waals surface area contributed by atoms with Crippen molar-refractivity contribution in [2.45, 2.75) is 6.54 Å². The molecule has 0 saturated carbocycles. The van der Waals surface area contributed by atoms with Gasteiger partial charge in [0.05, 0.1) is 17.8 Å². The maximum Gasteiger partial charge on any atom is 0.253 e. The molecule has 1 amide bonds. The van der Waals surface area contributed by atoms with E-state index in [0.717, 1.165) is 11.4 Å². The summed E-state index contributed by atoms with van der Waals surface area (Å²) >= 11 is 0. The number of benzene rings is 2. The summed E-state index contributed by atoms with van der Waals surface area (Å²) in [7, 11) is 1.84. The molecule has 0 fully saturated rings. The Balaban J connectivity index is 1.74. The van der Waals surface area contributed by atoms with Crippen LogP contribution in [0.5, 0.6) is 0 Å². The van der Waals surface area contributed by atoms with Gasteiger partial charge in [0.15, 0.2) is 5.82 Å². The van der Waals surface area contributed by atoms with E-state index in [-0.39, 0.29) is 5.91 Å². The molecule has 1 heterocycles. The van der Waals surface area contributed by atoms with Gasteiger partial charge in [-0.05, 0) is 24.3 Å². The third-order valence-electron chi connectivity index (χ3n) is 3.44. The Morgan fingerprint density at radius 2 is 1.83 bits per heavy atom. The molecule has 0 atom stereocenters. The largest absolute Gasteiger partial charge is 0.355 e. The van der Waals surface area contributed by atoms with Crippen LogP contribution in [0.1, 0.15) is 16.2 Å². The Labute approximate surface area is 134 Å². The van der Waals surface area contributed by atoms with Gasteiger partial charge in [-0.1, -0.05) is 30.3 Å². The fourth-order valence-electron chi connectivity index (χ4n) is 2.19. The smallest absolute Gasteiger partial charge is 0.253 e. The standard InChI is InChI=1S/C17H17N5O/c1-22-12-19-21-16(22)11-18-17(23)14-9-5-6-10-15(14)20-13-7-3-2-4-8-13/h2-10,12,20H,11H2,1H3,(H,18,23). The highest BCUT2D eigenvalue weighted by Crippen LogP contribution is 2.20. The van der Waals surface area contributed by atoms with E-state index < -0.39 is 0 Å². The lowest BCUT2D eigenvalue weighted by molar-refractivity contribution is 0.0950. The predicted octanol–water partition coefficient (Wildman–Crippen LogP) is 2.49. The molecule has 0 bridgehead atoms. The Bertz CT molecular complexity index is 798. The number of nitrogens with zero attached hydrogens (tertiary/aromatic N) is 3. The van der Waals surface area contributed by atoms with Gasteiger partial charge in [0.1, 0.15) is 6.33 Å². The van der Waals surface area contributed by atoms with E-state index in [1.54, 1.807) is 17.0 Å². The minimum atomic E-state index is -0.160. The molecule has 6 nitrogen and oxygen atoms in total. The fraction of sp³-hybridized carbons (Fsp3) is 0.118. The summed E-state index contributed by atoms with van der Waals surface area (Å²) in [6.45, 7) is 0.328. The highest BCUT2D eigenvalue weighted by atomic mass is 16.1. The van der Waals surface area contributed by atoms with Gasteiger partial charge in [-0.3, -0.25) is 4.79 Å². The first-order valence-corrected chi connectivity index (χ1v) is 7.26. The second kappa shape index (κ2) is 6.74. The topological polar surface area (TPSA) is 71.8 Å². The van der Waals surface area contributed by atoms with Crippen molar-refractivity contribution in [2.24, 2.45) is 7.05 Å². The Morgan fingerprint density at radius 3 is 2.57 bits per heavy atom. The van der Waals surface area contributed by atoms with Crippen LogP contribution in [0, 0.1) is 0 Å². The lowest BCUT2D eigenvalue weighted by Gasteiger charge is -2.12. The van der Waals surface area contributed by atoms with Crippen LogP contribution in [0.4, 0.5) is 11.4 Å². The van der Waals surface area contributed by atoms with E-state index in [9.17, 15) is 4.79 Å². The number of hydrogen-bond acceptors (Lipinski definition) is 4. The molecule has 2 aromatic carbocycles. The third kappa shape index (κ3) is 3.55. The van der Waals surface area contributed by atoms with Crippen molar-refractivity contribution in [2.75, 3.05) is 5.32 Å². The normalized spacial score (nSPS) is 10.3. The van der Waals surface area contributed by atoms with Crippen molar-refractivity contribution < 1.29 is 4.79 Å². The maximum absolute atomic E-state index is 12.5. The third-order valence-corrected chi connectivity index (χ3v) is 3.44. The monoisotopic (exact) mass is 307 g/mol. The molecule has 0 aliphatic heterocycles. The van der Waals surface area contributed by atoms with Crippen molar-refractivity contribution >= 4 is 17.3 Å². The summed E-state index contributed by atoms with van der Waals surface area (Å²) in [5.74, 6) is 0.541. The van der Waals surface area contributed by atoms with Crippen LogP contribution in [-0.2, 0) is 13.6 Å². The lowest BCUT2D eigenvalue weighted by Crippen LogP contribution is -2.25. The molecule has 0 aliphatic carbocycles. The number of nitrogens with one attached hydrogen (secondary N) is 2. The lowest BCUT2D eigenvalue weighted by atomic mass is 10.1.